The van der Waals surface area contributed by atoms with Crippen molar-refractivity contribution in [2.24, 2.45) is 0 Å². The highest BCUT2D eigenvalue weighted by Gasteiger charge is 2.08. The van der Waals surface area contributed by atoms with E-state index in [2.05, 4.69) is 5.32 Å². The Morgan fingerprint density at radius 1 is 0.947 bits per heavy atom. The Balaban J connectivity index is 2.42. The van der Waals surface area contributed by atoms with E-state index >= 15 is 0 Å². The summed E-state index contributed by atoms with van der Waals surface area (Å²) in [6.45, 7) is 0. The summed E-state index contributed by atoms with van der Waals surface area (Å²) in [5, 5.41) is 13.1. The summed E-state index contributed by atoms with van der Waals surface area (Å²) in [7, 11) is 0. The monoisotopic (exact) mass is 311 g/mol. The second kappa shape index (κ2) is 5.58. The molecule has 0 bridgehead atoms. The van der Waals surface area contributed by atoms with Crippen LogP contribution in [0.2, 0.25) is 15.1 Å². The maximum Gasteiger partial charge on any atom is 0.0992 e. The Hall–Kier alpha value is -1.60. The highest BCUT2D eigenvalue weighted by molar-refractivity contribution is 6.44. The van der Waals surface area contributed by atoms with Gasteiger partial charge in [0.25, 0.3) is 0 Å². The number of hydrogen-bond acceptors (Lipinski definition) is 3. The minimum absolute atomic E-state index is 0.371. The standard InChI is InChI=1S/C13H8Cl3N3/c14-8-4-10(16)12(5-9(8)15)19-13-3-7(6-17)1-2-11(13)18/h1-5,19H,18H2. The number of benzene rings is 2. The van der Waals surface area contributed by atoms with E-state index in [4.69, 9.17) is 45.8 Å². The van der Waals surface area contributed by atoms with Crippen molar-refractivity contribution in [1.82, 2.24) is 0 Å². The summed E-state index contributed by atoms with van der Waals surface area (Å²) in [5.74, 6) is 0. The van der Waals surface area contributed by atoms with Crippen molar-refractivity contribution in [3.05, 3.63) is 51.0 Å². The van der Waals surface area contributed by atoms with Gasteiger partial charge in [0.2, 0.25) is 0 Å². The molecule has 0 saturated heterocycles. The molecule has 19 heavy (non-hydrogen) atoms. The van der Waals surface area contributed by atoms with Gasteiger partial charge in [0.15, 0.2) is 0 Å². The normalized spacial score (nSPS) is 10.0. The SMILES string of the molecule is N#Cc1ccc(N)c(Nc2cc(Cl)c(Cl)cc2Cl)c1. The van der Waals surface area contributed by atoms with Crippen molar-refractivity contribution >= 4 is 51.9 Å². The van der Waals surface area contributed by atoms with Crippen molar-refractivity contribution in [1.29, 1.82) is 5.26 Å². The van der Waals surface area contributed by atoms with Gasteiger partial charge in [0.1, 0.15) is 0 Å². The van der Waals surface area contributed by atoms with Gasteiger partial charge >= 0.3 is 0 Å². The number of anilines is 3. The molecular formula is C13H8Cl3N3. The van der Waals surface area contributed by atoms with Crippen molar-refractivity contribution in [2.75, 3.05) is 11.1 Å². The van der Waals surface area contributed by atoms with E-state index in [1.807, 2.05) is 6.07 Å². The molecule has 0 aliphatic rings. The van der Waals surface area contributed by atoms with Crippen molar-refractivity contribution in [3.63, 3.8) is 0 Å². The number of halogens is 3. The predicted octanol–water partition coefficient (Wildman–Crippen LogP) is 4.84. The van der Waals surface area contributed by atoms with Gasteiger partial charge in [0.05, 0.1) is 43.8 Å². The Morgan fingerprint density at radius 2 is 1.63 bits per heavy atom. The number of nitrogens with one attached hydrogen (secondary N) is 1. The van der Waals surface area contributed by atoms with Crippen LogP contribution in [0.5, 0.6) is 0 Å². The number of hydrogen-bond donors (Lipinski definition) is 2. The van der Waals surface area contributed by atoms with Crippen LogP contribution in [0.3, 0.4) is 0 Å². The first kappa shape index (κ1) is 13.8. The van der Waals surface area contributed by atoms with Crippen LogP contribution in [0.25, 0.3) is 0 Å². The lowest BCUT2D eigenvalue weighted by atomic mass is 10.2. The first-order valence-corrected chi connectivity index (χ1v) is 6.36. The third-order valence-corrected chi connectivity index (χ3v) is 3.50. The first-order valence-electron chi connectivity index (χ1n) is 5.22. The number of nitrogens with zero attached hydrogens (tertiary/aromatic N) is 1. The average molecular weight is 313 g/mol. The van der Waals surface area contributed by atoms with Crippen LogP contribution in [0.4, 0.5) is 17.1 Å². The largest absolute Gasteiger partial charge is 0.397 e. The van der Waals surface area contributed by atoms with Crippen LogP contribution >= 0.6 is 34.8 Å². The predicted molar refractivity (Wildman–Crippen MR) is 80.3 cm³/mol. The molecular weight excluding hydrogens is 305 g/mol. The lowest BCUT2D eigenvalue weighted by molar-refractivity contribution is 1.47. The Bertz CT molecular complexity index is 678. The average Bonchev–Trinajstić information content (AvgIpc) is 2.38. The molecule has 2 aromatic carbocycles. The molecule has 3 N–H and O–H groups in total. The highest BCUT2D eigenvalue weighted by atomic mass is 35.5. The number of nitrogens with two attached hydrogens (primary N) is 1. The summed E-state index contributed by atoms with van der Waals surface area (Å²) in [6, 6.07) is 10.1. The third kappa shape index (κ3) is 3.05. The molecule has 0 heterocycles. The molecule has 0 fully saturated rings. The van der Waals surface area contributed by atoms with Crippen molar-refractivity contribution in [2.45, 2.75) is 0 Å². The zero-order valence-corrected chi connectivity index (χ0v) is 11.8. The van der Waals surface area contributed by atoms with Crippen LogP contribution < -0.4 is 11.1 Å². The fraction of sp³-hybridized carbons (Fsp3) is 0. The molecule has 0 radical (unpaired) electrons. The van der Waals surface area contributed by atoms with Crippen LogP contribution in [0.1, 0.15) is 5.56 Å². The zero-order valence-electron chi connectivity index (χ0n) is 9.55. The fourth-order valence-corrected chi connectivity index (χ4v) is 2.09. The van der Waals surface area contributed by atoms with Gasteiger partial charge in [0, 0.05) is 0 Å². The topological polar surface area (TPSA) is 61.8 Å². The minimum Gasteiger partial charge on any atom is -0.397 e. The maximum absolute atomic E-state index is 8.87. The second-order valence-electron chi connectivity index (χ2n) is 3.78. The molecule has 0 saturated carbocycles. The molecule has 0 aromatic heterocycles. The molecule has 0 amide bonds. The molecule has 2 aromatic rings. The van der Waals surface area contributed by atoms with Gasteiger partial charge in [-0.05, 0) is 30.3 Å². The van der Waals surface area contributed by atoms with Gasteiger partial charge in [-0.3, -0.25) is 0 Å². The van der Waals surface area contributed by atoms with Gasteiger partial charge in [-0.2, -0.15) is 5.26 Å². The zero-order chi connectivity index (χ0) is 14.0. The van der Waals surface area contributed by atoms with E-state index in [0.717, 1.165) is 0 Å². The molecule has 2 rings (SSSR count). The smallest absolute Gasteiger partial charge is 0.0992 e. The summed E-state index contributed by atoms with van der Waals surface area (Å²) in [6.07, 6.45) is 0. The highest BCUT2D eigenvalue weighted by Crippen LogP contribution is 2.35. The first-order chi connectivity index (χ1) is 9.01. The third-order valence-electron chi connectivity index (χ3n) is 2.46. The Kier molecular flexibility index (Phi) is 4.06. The van der Waals surface area contributed by atoms with Crippen LogP contribution in [-0.4, -0.2) is 0 Å². The van der Waals surface area contributed by atoms with Gasteiger partial charge in [-0.1, -0.05) is 34.8 Å². The number of nitriles is 1. The van der Waals surface area contributed by atoms with E-state index in [-0.39, 0.29) is 0 Å². The summed E-state index contributed by atoms with van der Waals surface area (Å²) < 4.78 is 0. The van der Waals surface area contributed by atoms with Crippen LogP contribution in [-0.2, 0) is 0 Å². The maximum atomic E-state index is 8.87. The molecule has 0 aliphatic heterocycles. The number of rotatable bonds is 2. The molecule has 96 valence electrons. The molecule has 0 atom stereocenters. The quantitative estimate of drug-likeness (QED) is 0.616. The lowest BCUT2D eigenvalue weighted by Crippen LogP contribution is -1.97. The minimum atomic E-state index is 0.371. The van der Waals surface area contributed by atoms with E-state index in [1.165, 1.54) is 6.07 Å². The van der Waals surface area contributed by atoms with E-state index < -0.39 is 0 Å². The molecule has 0 aliphatic carbocycles. The van der Waals surface area contributed by atoms with Crippen molar-refractivity contribution in [3.8, 4) is 6.07 Å². The fourth-order valence-electron chi connectivity index (χ4n) is 1.50. The second-order valence-corrected chi connectivity index (χ2v) is 5.01. The van der Waals surface area contributed by atoms with E-state index in [0.29, 0.717) is 37.7 Å². The lowest BCUT2D eigenvalue weighted by Gasteiger charge is -2.12. The summed E-state index contributed by atoms with van der Waals surface area (Å²) in [5.41, 5.74) is 7.98. The molecule has 6 heteroatoms. The molecule has 0 spiro atoms. The van der Waals surface area contributed by atoms with Crippen LogP contribution in [0.15, 0.2) is 30.3 Å². The Labute approximate surface area is 125 Å². The molecule has 3 nitrogen and oxygen atoms in total. The van der Waals surface area contributed by atoms with Crippen LogP contribution in [0, 0.1) is 11.3 Å². The van der Waals surface area contributed by atoms with Gasteiger partial charge in [-0.25, -0.2) is 0 Å². The van der Waals surface area contributed by atoms with Gasteiger partial charge in [-0.15, -0.1) is 0 Å². The van der Waals surface area contributed by atoms with Crippen molar-refractivity contribution < 1.29 is 0 Å². The molecule has 0 unspecified atom stereocenters. The number of nitrogen functional groups attached to an aromatic ring is 1. The summed E-state index contributed by atoms with van der Waals surface area (Å²) in [4.78, 5) is 0. The Morgan fingerprint density at radius 3 is 2.32 bits per heavy atom. The summed E-state index contributed by atoms with van der Waals surface area (Å²) >= 11 is 17.9. The van der Waals surface area contributed by atoms with E-state index in [1.54, 1.807) is 24.3 Å². The van der Waals surface area contributed by atoms with E-state index in [9.17, 15) is 0 Å². The van der Waals surface area contributed by atoms with Gasteiger partial charge < -0.3 is 11.1 Å².